The molecular formula is C25H32N4O4S. The largest absolute Gasteiger partial charge is 0.390 e. The molecule has 0 bridgehead atoms. The van der Waals surface area contributed by atoms with Crippen LogP contribution in [0.15, 0.2) is 41.7 Å². The van der Waals surface area contributed by atoms with Crippen molar-refractivity contribution >= 4 is 21.6 Å². The number of nitrogens with one attached hydrogen (secondary N) is 1. The highest BCUT2D eigenvalue weighted by Crippen LogP contribution is 2.28. The first-order valence-corrected chi connectivity index (χ1v) is 12.8. The minimum absolute atomic E-state index is 0.232. The molecule has 0 amide bonds. The second-order valence-corrected chi connectivity index (χ2v) is 10.2. The van der Waals surface area contributed by atoms with Gasteiger partial charge in [-0.1, -0.05) is 12.0 Å². The summed E-state index contributed by atoms with van der Waals surface area (Å²) < 4.78 is 30.2. The Bertz CT molecular complexity index is 1230. The Morgan fingerprint density at radius 2 is 1.94 bits per heavy atom. The molecule has 182 valence electrons. The highest BCUT2D eigenvalue weighted by molar-refractivity contribution is 7.86. The van der Waals surface area contributed by atoms with Crippen LogP contribution in [0.1, 0.15) is 29.2 Å². The van der Waals surface area contributed by atoms with Crippen LogP contribution < -0.4 is 9.50 Å². The number of hydrogen-bond donors (Lipinski definition) is 2. The molecule has 0 aliphatic carbocycles. The Kier molecular flexibility index (Phi) is 7.87. The first-order chi connectivity index (χ1) is 16.0. The third kappa shape index (κ3) is 6.50. The van der Waals surface area contributed by atoms with Crippen molar-refractivity contribution in [3.05, 3.63) is 58.9 Å². The SMILES string of the molecule is C#CC(N=C(/C=C\C)n1cc(C)c(CN2CC(O)C2)c1)Nc1cc(C)c(OS(C)(=O)=O)c(C)c1. The monoisotopic (exact) mass is 484 g/mol. The van der Waals surface area contributed by atoms with E-state index in [1.165, 1.54) is 5.56 Å². The van der Waals surface area contributed by atoms with Crippen molar-refractivity contribution in [1.82, 2.24) is 9.47 Å². The molecule has 3 rings (SSSR count). The highest BCUT2D eigenvalue weighted by atomic mass is 32.2. The number of anilines is 1. The van der Waals surface area contributed by atoms with Crippen molar-refractivity contribution in [2.75, 3.05) is 24.7 Å². The number of benzene rings is 1. The fourth-order valence-corrected chi connectivity index (χ4v) is 4.44. The fraction of sp³-hybridized carbons (Fsp3) is 0.400. The van der Waals surface area contributed by atoms with Gasteiger partial charge in [0.05, 0.1) is 12.4 Å². The topological polar surface area (TPSA) is 96.2 Å². The number of likely N-dealkylation sites (tertiary alicyclic amines) is 1. The molecule has 2 N–H and O–H groups in total. The summed E-state index contributed by atoms with van der Waals surface area (Å²) in [5.41, 5.74) is 4.35. The summed E-state index contributed by atoms with van der Waals surface area (Å²) in [4.78, 5) is 6.93. The van der Waals surface area contributed by atoms with E-state index in [2.05, 4.69) is 23.1 Å². The molecule has 1 fully saturated rings. The van der Waals surface area contributed by atoms with Gasteiger partial charge in [0.1, 0.15) is 11.6 Å². The van der Waals surface area contributed by atoms with Crippen LogP contribution in [0.3, 0.4) is 0 Å². The molecule has 1 saturated heterocycles. The first-order valence-electron chi connectivity index (χ1n) is 11.0. The van der Waals surface area contributed by atoms with Crippen LogP contribution in [-0.4, -0.2) is 60.4 Å². The zero-order valence-electron chi connectivity index (χ0n) is 20.2. The lowest BCUT2D eigenvalue weighted by atomic mass is 10.1. The molecule has 1 aliphatic heterocycles. The van der Waals surface area contributed by atoms with Crippen molar-refractivity contribution in [3.8, 4) is 18.1 Å². The molecule has 34 heavy (non-hydrogen) atoms. The van der Waals surface area contributed by atoms with Crippen LogP contribution in [0, 0.1) is 33.1 Å². The van der Waals surface area contributed by atoms with Gasteiger partial charge in [-0.2, -0.15) is 8.42 Å². The standard InChI is InChI=1S/C25H32N4O4S/c1-7-9-24(29-12-19(5)20(14-29)13-28-15-22(30)16-28)27-23(8-2)26-21-10-17(3)25(18(4)11-21)33-34(6,31)32/h2,7,9-12,14,22-23,26,30H,13,15-16H2,1,3-6H3/b9-7-,27-24?. The number of rotatable bonds is 8. The number of hydrogen-bond acceptors (Lipinski definition) is 7. The van der Waals surface area contributed by atoms with Crippen LogP contribution in [0.5, 0.6) is 5.75 Å². The molecule has 1 aromatic carbocycles. The minimum Gasteiger partial charge on any atom is -0.390 e. The maximum absolute atomic E-state index is 11.5. The maximum Gasteiger partial charge on any atom is 0.306 e. The van der Waals surface area contributed by atoms with E-state index in [4.69, 9.17) is 15.6 Å². The zero-order chi connectivity index (χ0) is 25.0. The molecule has 0 saturated carbocycles. The van der Waals surface area contributed by atoms with Crippen molar-refractivity contribution < 1.29 is 17.7 Å². The number of terminal acetylenes is 1. The number of aliphatic imine (C=N–C) groups is 1. The van der Waals surface area contributed by atoms with Gasteiger partial charge >= 0.3 is 10.1 Å². The van der Waals surface area contributed by atoms with E-state index >= 15 is 0 Å². The van der Waals surface area contributed by atoms with Gasteiger partial charge < -0.3 is 19.2 Å². The van der Waals surface area contributed by atoms with E-state index in [1.54, 1.807) is 26.0 Å². The Balaban J connectivity index is 1.83. The predicted molar refractivity (Wildman–Crippen MR) is 136 cm³/mol. The van der Waals surface area contributed by atoms with Gasteiger partial charge in [0.15, 0.2) is 6.17 Å². The van der Waals surface area contributed by atoms with Crippen molar-refractivity contribution in [3.63, 3.8) is 0 Å². The fourth-order valence-electron chi connectivity index (χ4n) is 3.87. The van der Waals surface area contributed by atoms with E-state index in [1.807, 2.05) is 36.0 Å². The second kappa shape index (κ2) is 10.5. The molecule has 2 heterocycles. The van der Waals surface area contributed by atoms with E-state index in [-0.39, 0.29) is 6.10 Å². The summed E-state index contributed by atoms with van der Waals surface area (Å²) in [6, 6.07) is 3.56. The Morgan fingerprint density at radius 3 is 2.47 bits per heavy atom. The minimum atomic E-state index is -3.63. The number of aromatic nitrogens is 1. The molecule has 1 aliphatic rings. The van der Waals surface area contributed by atoms with E-state index in [0.717, 1.165) is 18.4 Å². The van der Waals surface area contributed by atoms with Gasteiger partial charge in [-0.25, -0.2) is 4.99 Å². The smallest absolute Gasteiger partial charge is 0.306 e. The molecule has 1 aromatic heterocycles. The summed E-state index contributed by atoms with van der Waals surface area (Å²) >= 11 is 0. The lowest BCUT2D eigenvalue weighted by molar-refractivity contribution is -0.00294. The quantitative estimate of drug-likeness (QED) is 0.259. The second-order valence-electron chi connectivity index (χ2n) is 8.65. The van der Waals surface area contributed by atoms with Gasteiger partial charge in [-0.15, -0.1) is 6.42 Å². The van der Waals surface area contributed by atoms with Crippen molar-refractivity contribution in [2.45, 2.75) is 46.5 Å². The Hall–Kier alpha value is -3.06. The molecule has 2 aromatic rings. The normalized spacial score (nSPS) is 16.3. The summed E-state index contributed by atoms with van der Waals surface area (Å²) in [7, 11) is -3.63. The van der Waals surface area contributed by atoms with Gasteiger partial charge in [0.2, 0.25) is 0 Å². The van der Waals surface area contributed by atoms with Crippen molar-refractivity contribution in [2.24, 2.45) is 4.99 Å². The number of aryl methyl sites for hydroxylation is 3. The number of allylic oxidation sites excluding steroid dienone is 2. The molecule has 0 radical (unpaired) electrons. The molecular weight excluding hydrogens is 452 g/mol. The summed E-state index contributed by atoms with van der Waals surface area (Å²) in [5, 5.41) is 12.8. The van der Waals surface area contributed by atoms with Crippen LogP contribution in [0.4, 0.5) is 5.69 Å². The van der Waals surface area contributed by atoms with Gasteiger partial charge in [0.25, 0.3) is 0 Å². The summed E-state index contributed by atoms with van der Waals surface area (Å²) in [5.74, 6) is 3.66. The van der Waals surface area contributed by atoms with Crippen molar-refractivity contribution in [1.29, 1.82) is 0 Å². The third-order valence-corrected chi connectivity index (χ3v) is 5.93. The molecule has 9 heteroatoms. The predicted octanol–water partition coefficient (Wildman–Crippen LogP) is 2.82. The number of nitrogens with zero attached hydrogens (tertiary/aromatic N) is 3. The third-order valence-electron chi connectivity index (χ3n) is 5.46. The average Bonchev–Trinajstić information content (AvgIpc) is 3.08. The molecule has 1 unspecified atom stereocenters. The maximum atomic E-state index is 11.5. The zero-order valence-corrected chi connectivity index (χ0v) is 21.1. The van der Waals surface area contributed by atoms with E-state index in [0.29, 0.717) is 41.5 Å². The van der Waals surface area contributed by atoms with Crippen LogP contribution >= 0.6 is 0 Å². The summed E-state index contributed by atoms with van der Waals surface area (Å²) in [6.45, 7) is 9.68. The summed E-state index contributed by atoms with van der Waals surface area (Å²) in [6.07, 6.45) is 13.8. The van der Waals surface area contributed by atoms with Gasteiger partial charge in [-0.3, -0.25) is 4.90 Å². The van der Waals surface area contributed by atoms with Crippen LogP contribution in [0.2, 0.25) is 0 Å². The first kappa shape index (κ1) is 25.6. The van der Waals surface area contributed by atoms with E-state index in [9.17, 15) is 13.5 Å². The van der Waals surface area contributed by atoms with Gasteiger partial charge in [-0.05, 0) is 68.2 Å². The number of aliphatic hydroxyl groups excluding tert-OH is 1. The molecule has 1 atom stereocenters. The lowest BCUT2D eigenvalue weighted by Crippen LogP contribution is -2.49. The van der Waals surface area contributed by atoms with E-state index < -0.39 is 16.3 Å². The number of aliphatic hydroxyl groups is 1. The Labute approximate surface area is 202 Å². The Morgan fingerprint density at radius 1 is 1.29 bits per heavy atom. The van der Waals surface area contributed by atoms with Crippen LogP contribution in [0.25, 0.3) is 0 Å². The highest BCUT2D eigenvalue weighted by Gasteiger charge is 2.25. The van der Waals surface area contributed by atoms with Crippen LogP contribution in [-0.2, 0) is 16.7 Å². The average molecular weight is 485 g/mol. The van der Waals surface area contributed by atoms with Gasteiger partial charge in [0, 0.05) is 37.7 Å². The molecule has 0 spiro atoms. The number of β-amino-alcohol motifs (C(OH)–C–C–N with tert-alkyl or cyclic N) is 1. The lowest BCUT2D eigenvalue weighted by Gasteiger charge is -2.35. The molecule has 8 nitrogen and oxygen atoms in total.